The second-order valence-corrected chi connectivity index (χ2v) is 7.01. The van der Waals surface area contributed by atoms with Gasteiger partial charge in [0.25, 0.3) is 5.56 Å². The number of hydrogen-bond donors (Lipinski definition) is 1. The highest BCUT2D eigenvalue weighted by Crippen LogP contribution is 2.26. The zero-order valence-corrected chi connectivity index (χ0v) is 15.0. The monoisotopic (exact) mass is 381 g/mol. The normalized spacial score (nSPS) is 12.3. The number of nitrogens with one attached hydrogen (secondary N) is 1. The molecule has 1 unspecified atom stereocenters. The van der Waals surface area contributed by atoms with Gasteiger partial charge in [0.2, 0.25) is 5.91 Å². The van der Waals surface area contributed by atoms with Crippen molar-refractivity contribution in [3.05, 3.63) is 61.9 Å². The lowest BCUT2D eigenvalue weighted by molar-refractivity contribution is -0.122. The molecular weight excluding hydrogens is 369 g/mol. The standard InChI is InChI=1S/C16H13Cl2N3O2S/c1-9(11-3-2-10(17)6-13(11)18)20-14(22)7-21-8-19-15-12(16(21)23)4-5-24-15/h2-6,8-9H,7H2,1H3,(H,20,22). The summed E-state index contributed by atoms with van der Waals surface area (Å²) in [5.74, 6) is -0.299. The number of halogens is 2. The summed E-state index contributed by atoms with van der Waals surface area (Å²) in [5.41, 5.74) is 0.529. The molecule has 3 aromatic rings. The SMILES string of the molecule is CC(NC(=O)Cn1cnc2sccc2c1=O)c1ccc(Cl)cc1Cl. The molecule has 0 saturated carbocycles. The minimum Gasteiger partial charge on any atom is -0.348 e. The third kappa shape index (κ3) is 3.45. The minimum absolute atomic E-state index is 0.104. The van der Waals surface area contributed by atoms with Gasteiger partial charge in [-0.05, 0) is 36.1 Å². The lowest BCUT2D eigenvalue weighted by atomic mass is 10.1. The quantitative estimate of drug-likeness (QED) is 0.749. The van der Waals surface area contributed by atoms with Crippen LogP contribution in [0.2, 0.25) is 10.0 Å². The van der Waals surface area contributed by atoms with Crippen LogP contribution >= 0.6 is 34.5 Å². The third-order valence-electron chi connectivity index (χ3n) is 3.57. The molecule has 0 saturated heterocycles. The lowest BCUT2D eigenvalue weighted by Gasteiger charge is -2.16. The molecule has 1 amide bonds. The summed E-state index contributed by atoms with van der Waals surface area (Å²) in [6.07, 6.45) is 1.39. The number of aromatic nitrogens is 2. The highest BCUT2D eigenvalue weighted by atomic mass is 35.5. The van der Waals surface area contributed by atoms with Crippen molar-refractivity contribution in [3.8, 4) is 0 Å². The molecule has 0 radical (unpaired) electrons. The maximum atomic E-state index is 12.3. The summed E-state index contributed by atoms with van der Waals surface area (Å²) >= 11 is 13.4. The van der Waals surface area contributed by atoms with Crippen LogP contribution in [0.3, 0.4) is 0 Å². The summed E-state index contributed by atoms with van der Waals surface area (Å²) in [4.78, 5) is 29.4. The van der Waals surface area contributed by atoms with E-state index in [1.165, 1.54) is 22.2 Å². The van der Waals surface area contributed by atoms with Crippen LogP contribution in [0.4, 0.5) is 0 Å². The smallest absolute Gasteiger partial charge is 0.262 e. The molecule has 8 heteroatoms. The zero-order valence-electron chi connectivity index (χ0n) is 12.6. The van der Waals surface area contributed by atoms with Crippen molar-refractivity contribution < 1.29 is 4.79 Å². The number of hydrogen-bond acceptors (Lipinski definition) is 4. The number of amides is 1. The van der Waals surface area contributed by atoms with E-state index in [0.717, 1.165) is 5.56 Å². The zero-order chi connectivity index (χ0) is 17.3. The fourth-order valence-corrected chi connectivity index (χ4v) is 3.67. The Bertz CT molecular complexity index is 967. The summed E-state index contributed by atoms with van der Waals surface area (Å²) < 4.78 is 1.29. The van der Waals surface area contributed by atoms with Crippen molar-refractivity contribution >= 4 is 50.7 Å². The van der Waals surface area contributed by atoms with Gasteiger partial charge in [-0.1, -0.05) is 29.3 Å². The van der Waals surface area contributed by atoms with E-state index >= 15 is 0 Å². The fraction of sp³-hybridized carbons (Fsp3) is 0.188. The van der Waals surface area contributed by atoms with Gasteiger partial charge < -0.3 is 5.32 Å². The first kappa shape index (κ1) is 17.0. The Hall–Kier alpha value is -1.89. The van der Waals surface area contributed by atoms with Gasteiger partial charge in [-0.25, -0.2) is 4.98 Å². The number of thiophene rings is 1. The molecule has 24 heavy (non-hydrogen) atoms. The maximum Gasteiger partial charge on any atom is 0.262 e. The van der Waals surface area contributed by atoms with Gasteiger partial charge in [-0.2, -0.15) is 0 Å². The van der Waals surface area contributed by atoms with E-state index in [0.29, 0.717) is 20.3 Å². The maximum absolute atomic E-state index is 12.3. The number of fused-ring (bicyclic) bond motifs is 1. The van der Waals surface area contributed by atoms with Gasteiger partial charge in [0.05, 0.1) is 17.8 Å². The van der Waals surface area contributed by atoms with Crippen LogP contribution in [0.1, 0.15) is 18.5 Å². The molecule has 2 aromatic heterocycles. The van der Waals surface area contributed by atoms with Crippen molar-refractivity contribution in [2.75, 3.05) is 0 Å². The van der Waals surface area contributed by atoms with Crippen molar-refractivity contribution in [2.24, 2.45) is 0 Å². The Kier molecular flexibility index (Phi) is 4.89. The van der Waals surface area contributed by atoms with Crippen molar-refractivity contribution in [3.63, 3.8) is 0 Å². The van der Waals surface area contributed by atoms with Gasteiger partial charge in [-0.15, -0.1) is 11.3 Å². The van der Waals surface area contributed by atoms with Crippen LogP contribution in [0.5, 0.6) is 0 Å². The molecule has 0 spiro atoms. The van der Waals surface area contributed by atoms with Crippen LogP contribution < -0.4 is 10.9 Å². The Balaban J connectivity index is 1.74. The summed E-state index contributed by atoms with van der Waals surface area (Å²) in [7, 11) is 0. The van der Waals surface area contributed by atoms with E-state index in [4.69, 9.17) is 23.2 Å². The lowest BCUT2D eigenvalue weighted by Crippen LogP contribution is -2.33. The van der Waals surface area contributed by atoms with E-state index < -0.39 is 0 Å². The third-order valence-corrected chi connectivity index (χ3v) is 4.95. The van der Waals surface area contributed by atoms with Gasteiger partial charge in [0.15, 0.2) is 0 Å². The molecule has 1 atom stereocenters. The van der Waals surface area contributed by atoms with Crippen LogP contribution in [0, 0.1) is 0 Å². The Morgan fingerprint density at radius 2 is 2.17 bits per heavy atom. The summed E-state index contributed by atoms with van der Waals surface area (Å²) in [6, 6.07) is 6.50. The molecule has 2 heterocycles. The number of nitrogens with zero attached hydrogens (tertiary/aromatic N) is 2. The van der Waals surface area contributed by atoms with Gasteiger partial charge >= 0.3 is 0 Å². The predicted octanol–water partition coefficient (Wildman–Crippen LogP) is 3.64. The van der Waals surface area contributed by atoms with Gasteiger partial charge in [0, 0.05) is 10.0 Å². The second-order valence-electron chi connectivity index (χ2n) is 5.27. The molecular formula is C16H13Cl2N3O2S. The topological polar surface area (TPSA) is 64.0 Å². The highest BCUT2D eigenvalue weighted by molar-refractivity contribution is 7.16. The largest absolute Gasteiger partial charge is 0.348 e. The van der Waals surface area contributed by atoms with E-state index in [2.05, 4.69) is 10.3 Å². The fourth-order valence-electron chi connectivity index (χ4n) is 2.38. The van der Waals surface area contributed by atoms with Crippen LogP contribution in [0.25, 0.3) is 10.2 Å². The molecule has 1 aromatic carbocycles. The first-order valence-electron chi connectivity index (χ1n) is 7.12. The average molecular weight is 382 g/mol. The molecule has 5 nitrogen and oxygen atoms in total. The van der Waals surface area contributed by atoms with Crippen molar-refractivity contribution in [1.82, 2.24) is 14.9 Å². The molecule has 124 valence electrons. The van der Waals surface area contributed by atoms with Crippen LogP contribution in [-0.2, 0) is 11.3 Å². The van der Waals surface area contributed by atoms with Gasteiger partial charge in [0.1, 0.15) is 11.4 Å². The predicted molar refractivity (Wildman–Crippen MR) is 96.9 cm³/mol. The summed E-state index contributed by atoms with van der Waals surface area (Å²) in [5, 5.41) is 6.15. The number of benzene rings is 1. The van der Waals surface area contributed by atoms with E-state index in [-0.39, 0.29) is 24.1 Å². The van der Waals surface area contributed by atoms with Gasteiger partial charge in [-0.3, -0.25) is 14.2 Å². The Morgan fingerprint density at radius 3 is 2.92 bits per heavy atom. The summed E-state index contributed by atoms with van der Waals surface area (Å²) in [6.45, 7) is 1.71. The second kappa shape index (κ2) is 6.93. The van der Waals surface area contributed by atoms with E-state index in [1.807, 2.05) is 6.92 Å². The first-order chi connectivity index (χ1) is 11.5. The Morgan fingerprint density at radius 1 is 1.38 bits per heavy atom. The molecule has 0 aliphatic carbocycles. The van der Waals surface area contributed by atoms with Crippen LogP contribution in [0.15, 0.2) is 40.8 Å². The average Bonchev–Trinajstić information content (AvgIpc) is 2.99. The molecule has 1 N–H and O–H groups in total. The Labute approximate surface area is 151 Å². The molecule has 0 bridgehead atoms. The molecule has 3 rings (SSSR count). The first-order valence-corrected chi connectivity index (χ1v) is 8.76. The van der Waals surface area contributed by atoms with Crippen molar-refractivity contribution in [2.45, 2.75) is 19.5 Å². The van der Waals surface area contributed by atoms with E-state index in [9.17, 15) is 9.59 Å². The molecule has 0 fully saturated rings. The number of carbonyl (C=O) groups is 1. The van der Waals surface area contributed by atoms with E-state index in [1.54, 1.807) is 29.6 Å². The van der Waals surface area contributed by atoms with Crippen LogP contribution in [-0.4, -0.2) is 15.5 Å². The molecule has 0 aliphatic heterocycles. The number of carbonyl (C=O) groups excluding carboxylic acids is 1. The highest BCUT2D eigenvalue weighted by Gasteiger charge is 2.14. The van der Waals surface area contributed by atoms with Crippen molar-refractivity contribution in [1.29, 1.82) is 0 Å². The molecule has 0 aliphatic rings. The number of rotatable bonds is 4. The minimum atomic E-state index is -0.309.